The van der Waals surface area contributed by atoms with Crippen molar-refractivity contribution in [1.82, 2.24) is 15.5 Å². The van der Waals surface area contributed by atoms with Crippen LogP contribution in [0.15, 0.2) is 24.3 Å². The highest BCUT2D eigenvalue weighted by atomic mass is 16.5. The van der Waals surface area contributed by atoms with Crippen molar-refractivity contribution in [3.63, 3.8) is 0 Å². The monoisotopic (exact) mass is 345 g/mol. The number of carbonyl (C=O) groups excluding carboxylic acids is 1. The van der Waals surface area contributed by atoms with Crippen LogP contribution in [-0.4, -0.2) is 49.6 Å². The molecule has 2 heterocycles. The van der Waals surface area contributed by atoms with Crippen LogP contribution in [0, 0.1) is 5.92 Å². The first kappa shape index (κ1) is 18.2. The average Bonchev–Trinajstić information content (AvgIpc) is 3.17. The summed E-state index contributed by atoms with van der Waals surface area (Å²) in [5.41, 5.74) is 1.32. The second-order valence-corrected chi connectivity index (χ2v) is 7.21. The topological polar surface area (TPSA) is 53.6 Å². The van der Waals surface area contributed by atoms with Gasteiger partial charge in [-0.3, -0.25) is 9.69 Å². The Hall–Kier alpha value is -1.59. The zero-order chi connectivity index (χ0) is 17.5. The highest BCUT2D eigenvalue weighted by Gasteiger charge is 2.24. The summed E-state index contributed by atoms with van der Waals surface area (Å²) in [6, 6.07) is 8.44. The summed E-state index contributed by atoms with van der Waals surface area (Å²) >= 11 is 0. The van der Waals surface area contributed by atoms with Crippen molar-refractivity contribution in [2.24, 2.45) is 5.92 Å². The molecule has 0 saturated carbocycles. The Labute approximate surface area is 151 Å². The number of amides is 1. The van der Waals surface area contributed by atoms with Crippen molar-refractivity contribution < 1.29 is 9.53 Å². The molecule has 25 heavy (non-hydrogen) atoms. The molecule has 0 aliphatic carbocycles. The van der Waals surface area contributed by atoms with Crippen LogP contribution in [0.1, 0.15) is 38.2 Å². The fourth-order valence-electron chi connectivity index (χ4n) is 3.85. The predicted molar refractivity (Wildman–Crippen MR) is 99.6 cm³/mol. The zero-order valence-electron chi connectivity index (χ0n) is 15.3. The minimum atomic E-state index is 0.0311. The number of rotatable bonds is 7. The molecule has 1 aromatic rings. The zero-order valence-corrected chi connectivity index (χ0v) is 15.3. The molecule has 1 aromatic carbocycles. The van der Waals surface area contributed by atoms with Gasteiger partial charge in [0, 0.05) is 19.6 Å². The SMILES string of the molecule is CCOc1ccc(CN2CCCC(CNC(=O)C3CCCN3)C2)cc1. The molecule has 2 N–H and O–H groups in total. The molecule has 0 radical (unpaired) electrons. The molecule has 2 saturated heterocycles. The van der Waals surface area contributed by atoms with Crippen molar-refractivity contribution in [2.75, 3.05) is 32.8 Å². The number of carbonyl (C=O) groups is 1. The largest absolute Gasteiger partial charge is 0.494 e. The van der Waals surface area contributed by atoms with Crippen LogP contribution in [0.2, 0.25) is 0 Å². The van der Waals surface area contributed by atoms with Gasteiger partial charge in [0.15, 0.2) is 0 Å². The molecule has 2 fully saturated rings. The number of hydrogen-bond donors (Lipinski definition) is 2. The van der Waals surface area contributed by atoms with Crippen molar-refractivity contribution in [3.8, 4) is 5.75 Å². The molecular weight excluding hydrogens is 314 g/mol. The molecule has 5 heteroatoms. The Bertz CT molecular complexity index is 540. The van der Waals surface area contributed by atoms with E-state index in [0.29, 0.717) is 12.5 Å². The number of piperidine rings is 1. The summed E-state index contributed by atoms with van der Waals surface area (Å²) in [5.74, 6) is 1.67. The maximum absolute atomic E-state index is 12.1. The second-order valence-electron chi connectivity index (χ2n) is 7.21. The van der Waals surface area contributed by atoms with E-state index >= 15 is 0 Å². The summed E-state index contributed by atoms with van der Waals surface area (Å²) in [7, 11) is 0. The number of hydrogen-bond acceptors (Lipinski definition) is 4. The number of benzene rings is 1. The van der Waals surface area contributed by atoms with Crippen LogP contribution >= 0.6 is 0 Å². The van der Waals surface area contributed by atoms with Crippen LogP contribution in [0.25, 0.3) is 0 Å². The first-order valence-corrected chi connectivity index (χ1v) is 9.70. The molecule has 2 atom stereocenters. The lowest BCUT2D eigenvalue weighted by Gasteiger charge is -2.33. The van der Waals surface area contributed by atoms with Gasteiger partial charge >= 0.3 is 0 Å². The van der Waals surface area contributed by atoms with E-state index in [1.54, 1.807) is 0 Å². The third-order valence-corrected chi connectivity index (χ3v) is 5.19. The van der Waals surface area contributed by atoms with Crippen molar-refractivity contribution in [2.45, 2.75) is 45.2 Å². The van der Waals surface area contributed by atoms with Crippen LogP contribution in [0.4, 0.5) is 0 Å². The molecule has 2 aliphatic heterocycles. The smallest absolute Gasteiger partial charge is 0.237 e. The molecule has 3 rings (SSSR count). The summed E-state index contributed by atoms with van der Waals surface area (Å²) in [5, 5.41) is 6.42. The Morgan fingerprint density at radius 1 is 1.28 bits per heavy atom. The van der Waals surface area contributed by atoms with Gasteiger partial charge in [-0.1, -0.05) is 12.1 Å². The van der Waals surface area contributed by atoms with E-state index in [-0.39, 0.29) is 11.9 Å². The van der Waals surface area contributed by atoms with Crippen molar-refractivity contribution in [1.29, 1.82) is 0 Å². The molecule has 0 aromatic heterocycles. The lowest BCUT2D eigenvalue weighted by atomic mass is 9.97. The normalized spacial score (nSPS) is 24.2. The fourth-order valence-corrected chi connectivity index (χ4v) is 3.85. The van der Waals surface area contributed by atoms with Gasteiger partial charge < -0.3 is 15.4 Å². The van der Waals surface area contributed by atoms with Crippen molar-refractivity contribution >= 4 is 5.91 Å². The number of ether oxygens (including phenoxy) is 1. The average molecular weight is 345 g/mol. The second kappa shape index (κ2) is 9.20. The van der Waals surface area contributed by atoms with Gasteiger partial charge in [-0.05, 0) is 69.3 Å². The summed E-state index contributed by atoms with van der Waals surface area (Å²) in [6.07, 6.45) is 4.50. The molecule has 0 bridgehead atoms. The summed E-state index contributed by atoms with van der Waals surface area (Å²) in [4.78, 5) is 14.7. The Morgan fingerprint density at radius 2 is 2.12 bits per heavy atom. The minimum Gasteiger partial charge on any atom is -0.494 e. The Balaban J connectivity index is 1.43. The van der Waals surface area contributed by atoms with E-state index in [2.05, 4.69) is 39.8 Å². The fraction of sp³-hybridized carbons (Fsp3) is 0.650. The molecule has 2 unspecified atom stereocenters. The van der Waals surface area contributed by atoms with Gasteiger partial charge in [0.05, 0.1) is 12.6 Å². The Kier molecular flexibility index (Phi) is 6.70. The van der Waals surface area contributed by atoms with Crippen LogP contribution < -0.4 is 15.4 Å². The standard InChI is InChI=1S/C20H31N3O2/c1-2-25-18-9-7-16(8-10-18)14-23-12-4-5-17(15-23)13-22-20(24)19-6-3-11-21-19/h7-10,17,19,21H,2-6,11-15H2,1H3,(H,22,24). The maximum atomic E-state index is 12.1. The number of nitrogens with one attached hydrogen (secondary N) is 2. The van der Waals surface area contributed by atoms with E-state index in [0.717, 1.165) is 51.3 Å². The number of likely N-dealkylation sites (tertiary alicyclic amines) is 1. The first-order chi connectivity index (χ1) is 12.2. The van der Waals surface area contributed by atoms with Gasteiger partial charge in [-0.15, -0.1) is 0 Å². The van der Waals surface area contributed by atoms with E-state index in [1.807, 2.05) is 6.92 Å². The van der Waals surface area contributed by atoms with Gasteiger partial charge in [-0.2, -0.15) is 0 Å². The van der Waals surface area contributed by atoms with Crippen LogP contribution in [-0.2, 0) is 11.3 Å². The predicted octanol–water partition coefficient (Wildman–Crippen LogP) is 2.17. The molecule has 0 spiro atoms. The lowest BCUT2D eigenvalue weighted by Crippen LogP contribution is -2.45. The van der Waals surface area contributed by atoms with E-state index in [9.17, 15) is 4.79 Å². The highest BCUT2D eigenvalue weighted by Crippen LogP contribution is 2.20. The highest BCUT2D eigenvalue weighted by molar-refractivity contribution is 5.81. The van der Waals surface area contributed by atoms with Crippen molar-refractivity contribution in [3.05, 3.63) is 29.8 Å². The van der Waals surface area contributed by atoms with Gasteiger partial charge in [0.1, 0.15) is 5.75 Å². The quantitative estimate of drug-likeness (QED) is 0.795. The van der Waals surface area contributed by atoms with Gasteiger partial charge in [-0.25, -0.2) is 0 Å². The lowest BCUT2D eigenvalue weighted by molar-refractivity contribution is -0.123. The molecular formula is C20H31N3O2. The molecule has 2 aliphatic rings. The summed E-state index contributed by atoms with van der Waals surface area (Å²) < 4.78 is 5.51. The minimum absolute atomic E-state index is 0.0311. The van der Waals surface area contributed by atoms with Gasteiger partial charge in [0.25, 0.3) is 0 Å². The van der Waals surface area contributed by atoms with E-state index in [4.69, 9.17) is 4.74 Å². The third-order valence-electron chi connectivity index (χ3n) is 5.19. The Morgan fingerprint density at radius 3 is 2.84 bits per heavy atom. The molecule has 5 nitrogen and oxygen atoms in total. The first-order valence-electron chi connectivity index (χ1n) is 9.70. The van der Waals surface area contributed by atoms with E-state index in [1.165, 1.54) is 18.4 Å². The van der Waals surface area contributed by atoms with Gasteiger partial charge in [0.2, 0.25) is 5.91 Å². The van der Waals surface area contributed by atoms with Crippen LogP contribution in [0.3, 0.4) is 0 Å². The number of nitrogens with zero attached hydrogens (tertiary/aromatic N) is 1. The van der Waals surface area contributed by atoms with Crippen LogP contribution in [0.5, 0.6) is 5.75 Å². The summed E-state index contributed by atoms with van der Waals surface area (Å²) in [6.45, 7) is 7.65. The molecule has 1 amide bonds. The molecule has 138 valence electrons. The maximum Gasteiger partial charge on any atom is 0.237 e. The van der Waals surface area contributed by atoms with E-state index < -0.39 is 0 Å². The third kappa shape index (κ3) is 5.44.